The van der Waals surface area contributed by atoms with E-state index >= 15 is 0 Å². The van der Waals surface area contributed by atoms with E-state index in [1.807, 2.05) is 0 Å². The predicted octanol–water partition coefficient (Wildman–Crippen LogP) is 0.983. The number of aliphatic hydroxyl groups excluding tert-OH is 1. The quantitative estimate of drug-likeness (QED) is 0.759. The molecule has 0 saturated heterocycles. The molecular formula is C10H11FO4. The molecule has 0 aliphatic heterocycles. The van der Waals surface area contributed by atoms with E-state index in [2.05, 4.69) is 4.74 Å². The van der Waals surface area contributed by atoms with Crippen LogP contribution in [0.2, 0.25) is 0 Å². The summed E-state index contributed by atoms with van der Waals surface area (Å²) < 4.78 is 22.4. The minimum absolute atomic E-state index is 0.00551. The summed E-state index contributed by atoms with van der Waals surface area (Å²) in [6.45, 7) is -0.401. The third-order valence-corrected chi connectivity index (χ3v) is 1.71. The van der Waals surface area contributed by atoms with Crippen LogP contribution >= 0.6 is 0 Å². The van der Waals surface area contributed by atoms with Crippen molar-refractivity contribution in [2.24, 2.45) is 0 Å². The summed E-state index contributed by atoms with van der Waals surface area (Å²) in [5, 5.41) is 8.46. The largest absolute Gasteiger partial charge is 0.496 e. The summed E-state index contributed by atoms with van der Waals surface area (Å²) in [6.07, 6.45) is 0. The second-order valence-corrected chi connectivity index (χ2v) is 2.70. The van der Waals surface area contributed by atoms with Crippen molar-refractivity contribution in [3.63, 3.8) is 0 Å². The molecule has 0 unspecified atom stereocenters. The zero-order valence-corrected chi connectivity index (χ0v) is 8.20. The number of rotatable bonds is 4. The van der Waals surface area contributed by atoms with Crippen LogP contribution in [0.3, 0.4) is 0 Å². The van der Waals surface area contributed by atoms with E-state index in [4.69, 9.17) is 9.84 Å². The van der Waals surface area contributed by atoms with Gasteiger partial charge in [-0.25, -0.2) is 9.18 Å². The molecule has 0 spiro atoms. The van der Waals surface area contributed by atoms with Crippen molar-refractivity contribution < 1.29 is 23.8 Å². The Morgan fingerprint density at radius 2 is 2.27 bits per heavy atom. The molecule has 0 saturated carbocycles. The Balaban J connectivity index is 2.90. The van der Waals surface area contributed by atoms with Crippen molar-refractivity contribution in [1.82, 2.24) is 0 Å². The van der Waals surface area contributed by atoms with Gasteiger partial charge in [-0.1, -0.05) is 0 Å². The monoisotopic (exact) mass is 214 g/mol. The van der Waals surface area contributed by atoms with Gasteiger partial charge in [-0.15, -0.1) is 0 Å². The smallest absolute Gasteiger partial charge is 0.342 e. The summed E-state index contributed by atoms with van der Waals surface area (Å²) in [4.78, 5) is 11.4. The standard InChI is InChI=1S/C10H11FO4/c1-14-9-3-2-7(11)6-8(9)10(13)15-5-4-12/h2-3,6,12H,4-5H2,1H3. The van der Waals surface area contributed by atoms with Crippen molar-refractivity contribution in [2.75, 3.05) is 20.3 Å². The lowest BCUT2D eigenvalue weighted by Gasteiger charge is -2.07. The number of carbonyl (C=O) groups is 1. The van der Waals surface area contributed by atoms with Crippen LogP contribution in [0.5, 0.6) is 5.75 Å². The highest BCUT2D eigenvalue weighted by Gasteiger charge is 2.14. The first-order valence-electron chi connectivity index (χ1n) is 4.30. The number of methoxy groups -OCH3 is 1. The minimum atomic E-state index is -0.722. The second kappa shape index (κ2) is 5.31. The molecule has 1 rings (SSSR count). The van der Waals surface area contributed by atoms with Gasteiger partial charge >= 0.3 is 5.97 Å². The Bertz CT molecular complexity index is 351. The average molecular weight is 214 g/mol. The normalized spacial score (nSPS) is 9.80. The number of hydrogen-bond donors (Lipinski definition) is 1. The maximum absolute atomic E-state index is 12.9. The molecule has 4 nitrogen and oxygen atoms in total. The van der Waals surface area contributed by atoms with Crippen molar-refractivity contribution >= 4 is 5.97 Å². The summed E-state index contributed by atoms with van der Waals surface area (Å²) in [5.74, 6) is -1.04. The van der Waals surface area contributed by atoms with Crippen LogP contribution in [0.4, 0.5) is 4.39 Å². The van der Waals surface area contributed by atoms with Gasteiger partial charge in [-0.05, 0) is 18.2 Å². The molecular weight excluding hydrogens is 203 g/mol. The molecule has 0 heterocycles. The van der Waals surface area contributed by atoms with E-state index in [0.717, 1.165) is 6.07 Å². The summed E-state index contributed by atoms with van der Waals surface area (Å²) in [7, 11) is 1.37. The number of halogens is 1. The zero-order chi connectivity index (χ0) is 11.3. The highest BCUT2D eigenvalue weighted by Crippen LogP contribution is 2.19. The fourth-order valence-electron chi connectivity index (χ4n) is 1.06. The lowest BCUT2D eigenvalue weighted by molar-refractivity contribution is 0.0429. The van der Waals surface area contributed by atoms with Crippen LogP contribution in [-0.4, -0.2) is 31.4 Å². The SMILES string of the molecule is COc1ccc(F)cc1C(=O)OCCO. The van der Waals surface area contributed by atoms with Crippen LogP contribution in [0.1, 0.15) is 10.4 Å². The van der Waals surface area contributed by atoms with E-state index in [-0.39, 0.29) is 24.5 Å². The number of benzene rings is 1. The third kappa shape index (κ3) is 2.92. The molecule has 0 aliphatic rings. The Labute approximate surface area is 86.2 Å². The van der Waals surface area contributed by atoms with Gasteiger partial charge in [0.1, 0.15) is 23.7 Å². The van der Waals surface area contributed by atoms with Crippen LogP contribution < -0.4 is 4.74 Å². The zero-order valence-electron chi connectivity index (χ0n) is 8.20. The van der Waals surface area contributed by atoms with Gasteiger partial charge in [0.2, 0.25) is 0 Å². The number of aliphatic hydroxyl groups is 1. The lowest BCUT2D eigenvalue weighted by Crippen LogP contribution is -2.10. The molecule has 82 valence electrons. The second-order valence-electron chi connectivity index (χ2n) is 2.70. The van der Waals surface area contributed by atoms with Crippen LogP contribution in [0, 0.1) is 5.82 Å². The Hall–Kier alpha value is -1.62. The first-order valence-corrected chi connectivity index (χ1v) is 4.30. The van der Waals surface area contributed by atoms with Gasteiger partial charge in [0.25, 0.3) is 0 Å². The van der Waals surface area contributed by atoms with Gasteiger partial charge in [0, 0.05) is 0 Å². The molecule has 5 heteroatoms. The third-order valence-electron chi connectivity index (χ3n) is 1.71. The van der Waals surface area contributed by atoms with Crippen LogP contribution in [0.25, 0.3) is 0 Å². The molecule has 0 aromatic heterocycles. The highest BCUT2D eigenvalue weighted by molar-refractivity contribution is 5.92. The number of ether oxygens (including phenoxy) is 2. The van der Waals surface area contributed by atoms with E-state index in [1.165, 1.54) is 19.2 Å². The number of hydrogen-bond acceptors (Lipinski definition) is 4. The molecule has 0 bridgehead atoms. The summed E-state index contributed by atoms with van der Waals surface area (Å²) >= 11 is 0. The molecule has 1 aromatic rings. The Morgan fingerprint density at radius 1 is 1.53 bits per heavy atom. The number of esters is 1. The molecule has 0 radical (unpaired) electrons. The van der Waals surface area contributed by atoms with Gasteiger partial charge in [-0.3, -0.25) is 0 Å². The van der Waals surface area contributed by atoms with Gasteiger partial charge in [0.15, 0.2) is 0 Å². The number of carbonyl (C=O) groups excluding carboxylic acids is 1. The summed E-state index contributed by atoms with van der Waals surface area (Å²) in [6, 6.07) is 3.55. The minimum Gasteiger partial charge on any atom is -0.496 e. The fourth-order valence-corrected chi connectivity index (χ4v) is 1.06. The Kier molecular flexibility index (Phi) is 4.05. The topological polar surface area (TPSA) is 55.8 Å². The molecule has 1 N–H and O–H groups in total. The Morgan fingerprint density at radius 3 is 2.87 bits per heavy atom. The van der Waals surface area contributed by atoms with E-state index in [0.29, 0.717) is 0 Å². The lowest BCUT2D eigenvalue weighted by atomic mass is 10.2. The molecule has 15 heavy (non-hydrogen) atoms. The van der Waals surface area contributed by atoms with Crippen molar-refractivity contribution in [3.05, 3.63) is 29.6 Å². The van der Waals surface area contributed by atoms with Gasteiger partial charge in [-0.2, -0.15) is 0 Å². The summed E-state index contributed by atoms with van der Waals surface area (Å²) in [5.41, 5.74) is 0.00551. The molecule has 0 amide bonds. The highest BCUT2D eigenvalue weighted by atomic mass is 19.1. The van der Waals surface area contributed by atoms with Crippen molar-refractivity contribution in [2.45, 2.75) is 0 Å². The molecule has 0 aliphatic carbocycles. The molecule has 1 aromatic carbocycles. The van der Waals surface area contributed by atoms with E-state index < -0.39 is 11.8 Å². The van der Waals surface area contributed by atoms with Gasteiger partial charge < -0.3 is 14.6 Å². The van der Waals surface area contributed by atoms with E-state index in [9.17, 15) is 9.18 Å². The molecule has 0 fully saturated rings. The van der Waals surface area contributed by atoms with Crippen molar-refractivity contribution in [3.8, 4) is 5.75 Å². The average Bonchev–Trinajstić information content (AvgIpc) is 2.25. The maximum atomic E-state index is 12.9. The van der Waals surface area contributed by atoms with Gasteiger partial charge in [0.05, 0.1) is 13.7 Å². The fraction of sp³-hybridized carbons (Fsp3) is 0.300. The first-order chi connectivity index (χ1) is 7.19. The van der Waals surface area contributed by atoms with E-state index in [1.54, 1.807) is 0 Å². The van der Waals surface area contributed by atoms with Crippen LogP contribution in [-0.2, 0) is 4.74 Å². The van der Waals surface area contributed by atoms with Crippen molar-refractivity contribution in [1.29, 1.82) is 0 Å². The van der Waals surface area contributed by atoms with Crippen LogP contribution in [0.15, 0.2) is 18.2 Å². The predicted molar refractivity (Wildman–Crippen MR) is 50.3 cm³/mol. The first kappa shape index (κ1) is 11.5. The molecule has 0 atom stereocenters. The maximum Gasteiger partial charge on any atom is 0.342 e.